The minimum atomic E-state index is -0.777. The largest absolute Gasteiger partial charge is 0.462 e. The molecule has 1 unspecified atom stereocenters. The SMILES string of the molecule is CC/C=C\C/C=C\C/C=C\C/C=C\C/C=C\CCCCCCCCCCCCCCCC(=O)OCC(COC(=O)CCCCCCC/C=C\CCCCCCCC)OC(=O)CCCCCCCCCCCCCCCCCC. The molecular weight excluding hydrogens is 961 g/mol. The quantitative estimate of drug-likeness (QED) is 0.0261. The van der Waals surface area contributed by atoms with Crippen LogP contribution in [-0.4, -0.2) is 37.2 Å². The maximum atomic E-state index is 12.9. The van der Waals surface area contributed by atoms with Crippen molar-refractivity contribution >= 4 is 17.9 Å². The van der Waals surface area contributed by atoms with E-state index in [9.17, 15) is 14.4 Å². The number of hydrogen-bond donors (Lipinski definition) is 0. The van der Waals surface area contributed by atoms with Crippen molar-refractivity contribution in [2.45, 2.75) is 354 Å². The summed E-state index contributed by atoms with van der Waals surface area (Å²) in [5.74, 6) is -0.863. The summed E-state index contributed by atoms with van der Waals surface area (Å²) in [6, 6.07) is 0. The first kappa shape index (κ1) is 74.8. The second-order valence-corrected chi connectivity index (χ2v) is 22.7. The molecule has 0 saturated heterocycles. The maximum Gasteiger partial charge on any atom is 0.306 e. The number of allylic oxidation sites excluding steroid dienone is 12. The lowest BCUT2D eigenvalue weighted by molar-refractivity contribution is -0.167. The summed E-state index contributed by atoms with van der Waals surface area (Å²) in [6.07, 6.45) is 86.3. The van der Waals surface area contributed by atoms with Crippen LogP contribution < -0.4 is 0 Å². The van der Waals surface area contributed by atoms with Gasteiger partial charge in [0.15, 0.2) is 6.10 Å². The Morgan fingerprint density at radius 1 is 0.269 bits per heavy atom. The summed E-state index contributed by atoms with van der Waals surface area (Å²) in [5.41, 5.74) is 0. The normalized spacial score (nSPS) is 12.5. The summed E-state index contributed by atoms with van der Waals surface area (Å²) < 4.78 is 17.0. The molecule has 0 aliphatic rings. The lowest BCUT2D eigenvalue weighted by atomic mass is 10.0. The van der Waals surface area contributed by atoms with Gasteiger partial charge in [0.2, 0.25) is 0 Å². The molecule has 0 N–H and O–H groups in total. The zero-order valence-corrected chi connectivity index (χ0v) is 51.9. The van der Waals surface area contributed by atoms with E-state index in [2.05, 4.69) is 93.7 Å². The van der Waals surface area contributed by atoms with Gasteiger partial charge in [0, 0.05) is 19.3 Å². The molecule has 0 saturated carbocycles. The first-order valence-corrected chi connectivity index (χ1v) is 33.9. The third-order valence-corrected chi connectivity index (χ3v) is 14.9. The van der Waals surface area contributed by atoms with Crippen molar-refractivity contribution in [1.29, 1.82) is 0 Å². The van der Waals surface area contributed by atoms with Gasteiger partial charge in [-0.2, -0.15) is 0 Å². The minimum Gasteiger partial charge on any atom is -0.462 e. The molecule has 0 radical (unpaired) electrons. The molecule has 0 fully saturated rings. The van der Waals surface area contributed by atoms with Crippen LogP contribution in [0.1, 0.15) is 348 Å². The average Bonchev–Trinajstić information content (AvgIpc) is 3.44. The number of ether oxygens (including phenoxy) is 3. The van der Waals surface area contributed by atoms with Gasteiger partial charge in [-0.15, -0.1) is 0 Å². The van der Waals surface area contributed by atoms with E-state index in [1.807, 2.05) is 0 Å². The van der Waals surface area contributed by atoms with Gasteiger partial charge in [0.1, 0.15) is 13.2 Å². The summed E-state index contributed by atoms with van der Waals surface area (Å²) in [4.78, 5) is 38.4. The van der Waals surface area contributed by atoms with E-state index in [1.54, 1.807) is 0 Å². The summed E-state index contributed by atoms with van der Waals surface area (Å²) in [6.45, 7) is 6.56. The van der Waals surface area contributed by atoms with E-state index in [0.717, 1.165) is 96.3 Å². The number of esters is 3. The van der Waals surface area contributed by atoms with Crippen molar-refractivity contribution in [3.63, 3.8) is 0 Å². The van der Waals surface area contributed by atoms with E-state index in [4.69, 9.17) is 14.2 Å². The predicted octanol–water partition coefficient (Wildman–Crippen LogP) is 23.3. The second kappa shape index (κ2) is 66.4. The Morgan fingerprint density at radius 2 is 0.500 bits per heavy atom. The Morgan fingerprint density at radius 3 is 0.795 bits per heavy atom. The molecule has 6 heteroatoms. The lowest BCUT2D eigenvalue weighted by Gasteiger charge is -2.18. The fraction of sp³-hybridized carbons (Fsp3) is 0.792. The van der Waals surface area contributed by atoms with Gasteiger partial charge >= 0.3 is 17.9 Å². The molecular formula is C72H128O6. The Kier molecular flexibility index (Phi) is 63.7. The van der Waals surface area contributed by atoms with Crippen molar-refractivity contribution < 1.29 is 28.6 Å². The topological polar surface area (TPSA) is 78.9 Å². The van der Waals surface area contributed by atoms with Gasteiger partial charge in [-0.3, -0.25) is 14.4 Å². The minimum absolute atomic E-state index is 0.0741. The third-order valence-electron chi connectivity index (χ3n) is 14.9. The van der Waals surface area contributed by atoms with Crippen LogP contribution in [0.25, 0.3) is 0 Å². The fourth-order valence-corrected chi connectivity index (χ4v) is 9.88. The first-order valence-electron chi connectivity index (χ1n) is 33.9. The highest BCUT2D eigenvalue weighted by molar-refractivity contribution is 5.71. The Hall–Kier alpha value is -3.15. The van der Waals surface area contributed by atoms with Crippen LogP contribution in [0.5, 0.6) is 0 Å². The molecule has 0 heterocycles. The lowest BCUT2D eigenvalue weighted by Crippen LogP contribution is -2.30. The number of carbonyl (C=O) groups is 3. The van der Waals surface area contributed by atoms with Crippen LogP contribution in [0.15, 0.2) is 72.9 Å². The van der Waals surface area contributed by atoms with Crippen LogP contribution in [0.3, 0.4) is 0 Å². The molecule has 0 aliphatic heterocycles. The molecule has 1 atom stereocenters. The number of carbonyl (C=O) groups excluding carboxylic acids is 3. The van der Waals surface area contributed by atoms with Gasteiger partial charge < -0.3 is 14.2 Å². The second-order valence-electron chi connectivity index (χ2n) is 22.7. The van der Waals surface area contributed by atoms with Gasteiger partial charge in [-0.1, -0.05) is 312 Å². The standard InChI is InChI=1S/C72H128O6/c1-4-7-10-13-16-19-22-25-28-30-31-32-33-34-35-36-37-38-39-40-41-42-45-47-50-53-56-59-62-65-71(74)77-68-69(67-76-70(73)64-61-58-55-52-49-46-43-27-24-21-18-15-12-9-6-3)78-72(75)66-63-60-57-54-51-48-44-29-26-23-20-17-14-11-8-5-2/h7,10,16,19,25,27-28,31-32,34-35,43,69H,4-6,8-9,11-15,17-18,20-24,26,29-30,33,36-42,44-68H2,1-3H3/b10-7-,19-16-,28-25-,32-31-,35-34-,43-27-. The van der Waals surface area contributed by atoms with Crippen molar-refractivity contribution in [2.24, 2.45) is 0 Å². The molecule has 0 aliphatic carbocycles. The molecule has 452 valence electrons. The number of unbranched alkanes of at least 4 members (excludes halogenated alkanes) is 39. The molecule has 0 aromatic rings. The predicted molar refractivity (Wildman–Crippen MR) is 339 cm³/mol. The molecule has 0 aromatic carbocycles. The Labute approximate surface area is 484 Å². The number of rotatable bonds is 62. The zero-order chi connectivity index (χ0) is 56.4. The smallest absolute Gasteiger partial charge is 0.306 e. The van der Waals surface area contributed by atoms with Crippen molar-refractivity contribution in [3.05, 3.63) is 72.9 Å². The monoisotopic (exact) mass is 1090 g/mol. The van der Waals surface area contributed by atoms with Gasteiger partial charge in [-0.05, 0) is 89.9 Å². The van der Waals surface area contributed by atoms with Crippen LogP contribution in [0, 0.1) is 0 Å². The molecule has 0 spiro atoms. The molecule has 0 aromatic heterocycles. The zero-order valence-electron chi connectivity index (χ0n) is 51.9. The van der Waals surface area contributed by atoms with Crippen molar-refractivity contribution in [3.8, 4) is 0 Å². The van der Waals surface area contributed by atoms with E-state index in [0.29, 0.717) is 19.3 Å². The summed E-state index contributed by atoms with van der Waals surface area (Å²) >= 11 is 0. The molecule has 0 amide bonds. The number of hydrogen-bond acceptors (Lipinski definition) is 6. The van der Waals surface area contributed by atoms with E-state index < -0.39 is 6.10 Å². The van der Waals surface area contributed by atoms with Crippen LogP contribution in [0.2, 0.25) is 0 Å². The van der Waals surface area contributed by atoms with E-state index in [1.165, 1.54) is 212 Å². The highest BCUT2D eigenvalue weighted by Gasteiger charge is 2.19. The third kappa shape index (κ3) is 63.7. The van der Waals surface area contributed by atoms with Gasteiger partial charge in [-0.25, -0.2) is 0 Å². The molecule has 0 rings (SSSR count). The van der Waals surface area contributed by atoms with Crippen molar-refractivity contribution in [1.82, 2.24) is 0 Å². The highest BCUT2D eigenvalue weighted by atomic mass is 16.6. The van der Waals surface area contributed by atoms with Gasteiger partial charge in [0.05, 0.1) is 0 Å². The maximum absolute atomic E-state index is 12.9. The molecule has 0 bridgehead atoms. The highest BCUT2D eigenvalue weighted by Crippen LogP contribution is 2.17. The van der Waals surface area contributed by atoms with Crippen molar-refractivity contribution in [2.75, 3.05) is 13.2 Å². The first-order chi connectivity index (χ1) is 38.5. The average molecular weight is 1090 g/mol. The van der Waals surface area contributed by atoms with Crippen LogP contribution in [-0.2, 0) is 28.6 Å². The van der Waals surface area contributed by atoms with Gasteiger partial charge in [0.25, 0.3) is 0 Å². The molecule has 6 nitrogen and oxygen atoms in total. The Bertz CT molecular complexity index is 1440. The molecule has 78 heavy (non-hydrogen) atoms. The van der Waals surface area contributed by atoms with E-state index >= 15 is 0 Å². The van der Waals surface area contributed by atoms with Crippen LogP contribution in [0.4, 0.5) is 0 Å². The van der Waals surface area contributed by atoms with Crippen LogP contribution >= 0.6 is 0 Å². The summed E-state index contributed by atoms with van der Waals surface area (Å²) in [7, 11) is 0. The Balaban J connectivity index is 4.25. The fourth-order valence-electron chi connectivity index (χ4n) is 9.88. The van der Waals surface area contributed by atoms with E-state index in [-0.39, 0.29) is 31.1 Å². The summed E-state index contributed by atoms with van der Waals surface area (Å²) in [5, 5.41) is 0.